The van der Waals surface area contributed by atoms with Gasteiger partial charge in [0.2, 0.25) is 0 Å². The van der Waals surface area contributed by atoms with E-state index in [1.807, 2.05) is 0 Å². The van der Waals surface area contributed by atoms with E-state index in [0.29, 0.717) is 13.0 Å². The van der Waals surface area contributed by atoms with Crippen LogP contribution in [0.2, 0.25) is 0 Å². The van der Waals surface area contributed by atoms with Crippen LogP contribution in [0.1, 0.15) is 187 Å². The van der Waals surface area contributed by atoms with Crippen molar-refractivity contribution in [1.29, 1.82) is 0 Å². The third-order valence-corrected chi connectivity index (χ3v) is 13.2. The summed E-state index contributed by atoms with van der Waals surface area (Å²) in [5.41, 5.74) is 4.57. The Hall–Kier alpha value is 0.250. The predicted octanol–water partition coefficient (Wildman–Crippen LogP) is 1.55. The van der Waals surface area contributed by atoms with Gasteiger partial charge in [-0.25, -0.2) is 9.11 Å². The summed E-state index contributed by atoms with van der Waals surface area (Å²) in [7, 11) is -11.3. The number of rotatable bonds is 39. The maximum absolute atomic E-state index is 12.7. The monoisotopic (exact) mass is 955 g/mol. The zero-order chi connectivity index (χ0) is 44.8. The molecule has 0 aliphatic carbocycles. The van der Waals surface area contributed by atoms with Crippen LogP contribution in [0.15, 0.2) is 17.1 Å². The number of nitrogen functional groups attached to an aromatic ring is 1. The molecule has 1 aliphatic rings. The fourth-order valence-electron chi connectivity index (χ4n) is 7.13. The van der Waals surface area contributed by atoms with Gasteiger partial charge in [-0.3, -0.25) is 18.5 Å². The van der Waals surface area contributed by atoms with Crippen LogP contribution in [0, 0.1) is 0 Å². The number of esters is 1. The molecule has 1 saturated heterocycles. The van der Waals surface area contributed by atoms with E-state index in [4.69, 9.17) is 24.5 Å². The number of aromatic nitrogens is 2. The second-order valence-electron chi connectivity index (χ2n) is 16.2. The Bertz CT molecular complexity index is 1470. The molecule has 2 rings (SSSR count). The SMILES string of the molecule is CCCCCCCCCCCCCCCCOCC(COP(=O)([O-])OP(=O)([O-])OCC1OC(n2ccc(N)nc2=O)C(O)C1O)OC(=O)CCCCCCCCCCCCC.[Na+].[Na+]. The zero-order valence-corrected chi connectivity index (χ0v) is 44.7. The molecule has 21 heteroatoms. The molecule has 356 valence electrons. The van der Waals surface area contributed by atoms with Crippen molar-refractivity contribution in [3.05, 3.63) is 22.7 Å². The fourth-order valence-corrected chi connectivity index (χ4v) is 9.17. The molecule has 0 saturated carbocycles. The molecule has 7 atom stereocenters. The maximum Gasteiger partial charge on any atom is 1.00 e. The van der Waals surface area contributed by atoms with Crippen LogP contribution < -0.4 is 80.3 Å². The molecule has 0 radical (unpaired) electrons. The predicted molar refractivity (Wildman–Crippen MR) is 229 cm³/mol. The number of phosphoric acid groups is 2. The van der Waals surface area contributed by atoms with Crippen LogP contribution in [0.5, 0.6) is 0 Å². The molecule has 1 aromatic heterocycles. The van der Waals surface area contributed by atoms with Crippen LogP contribution in [0.25, 0.3) is 0 Å². The van der Waals surface area contributed by atoms with Gasteiger partial charge in [-0.05, 0) is 18.9 Å². The summed E-state index contributed by atoms with van der Waals surface area (Å²) in [5, 5.41) is 20.8. The molecular formula is C42H77N3Na2O14P2. The summed E-state index contributed by atoms with van der Waals surface area (Å²) in [5.74, 6) is -0.656. The van der Waals surface area contributed by atoms with E-state index in [2.05, 4.69) is 27.7 Å². The van der Waals surface area contributed by atoms with Gasteiger partial charge in [0.1, 0.15) is 30.2 Å². The van der Waals surface area contributed by atoms with Gasteiger partial charge in [0, 0.05) is 19.2 Å². The molecule has 0 amide bonds. The van der Waals surface area contributed by atoms with Crippen molar-refractivity contribution >= 4 is 27.4 Å². The van der Waals surface area contributed by atoms with Gasteiger partial charge in [0.05, 0.1) is 19.8 Å². The summed E-state index contributed by atoms with van der Waals surface area (Å²) >= 11 is 0. The van der Waals surface area contributed by atoms with Crippen LogP contribution >= 0.6 is 15.6 Å². The van der Waals surface area contributed by atoms with Crippen molar-refractivity contribution in [2.45, 2.75) is 211 Å². The normalized spacial score (nSPS) is 19.7. The number of carbonyl (C=O) groups excluding carboxylic acids is 1. The van der Waals surface area contributed by atoms with E-state index in [9.17, 15) is 38.7 Å². The summed E-state index contributed by atoms with van der Waals surface area (Å²) in [6.07, 6.45) is 22.8. The average molecular weight is 956 g/mol. The standard InChI is InChI=1S/C42H79N3O14P2.2Na/c1-3-5-7-9-11-13-15-16-17-19-21-23-25-27-31-54-32-35(57-38(46)28-26-24-22-20-18-14-12-10-8-6-4-2)33-55-60(50,51)59-61(52,53)56-34-36-39(47)40(48)41(58-36)45-30-29-37(43)44-42(45)49;;/h29-30,35-36,39-41,47-48H,3-28,31-34H2,1-2H3,(H,50,51)(H,52,53)(H2,43,44,49);;/q;2*+1/p-2. The minimum atomic E-state index is -5.66. The Morgan fingerprint density at radius 3 is 1.70 bits per heavy atom. The molecule has 1 aromatic rings. The minimum Gasteiger partial charge on any atom is -0.756 e. The topological polar surface area (TPSA) is 254 Å². The smallest absolute Gasteiger partial charge is 0.756 e. The van der Waals surface area contributed by atoms with Gasteiger partial charge in [0.25, 0.3) is 15.6 Å². The Kier molecular flexibility index (Phi) is 38.3. The number of carbonyl (C=O) groups is 1. The number of ether oxygens (including phenoxy) is 3. The van der Waals surface area contributed by atoms with Gasteiger partial charge < -0.3 is 49.0 Å². The van der Waals surface area contributed by atoms with E-state index < -0.39 is 71.2 Å². The molecule has 0 spiro atoms. The van der Waals surface area contributed by atoms with Crippen molar-refractivity contribution in [1.82, 2.24) is 9.55 Å². The van der Waals surface area contributed by atoms with E-state index in [-0.39, 0.29) is 78.0 Å². The van der Waals surface area contributed by atoms with Crippen LogP contribution in [0.4, 0.5) is 5.82 Å². The summed E-state index contributed by atoms with van der Waals surface area (Å²) in [6, 6.07) is 1.25. The first-order chi connectivity index (χ1) is 29.3. The van der Waals surface area contributed by atoms with Gasteiger partial charge in [-0.2, -0.15) is 4.98 Å². The summed E-state index contributed by atoms with van der Waals surface area (Å²) in [6.45, 7) is 2.85. The Morgan fingerprint density at radius 1 is 0.746 bits per heavy atom. The molecule has 7 unspecified atom stereocenters. The number of phosphoric ester groups is 2. The van der Waals surface area contributed by atoms with E-state index in [1.165, 1.54) is 109 Å². The first kappa shape index (κ1) is 63.2. The van der Waals surface area contributed by atoms with Crippen molar-refractivity contribution in [3.63, 3.8) is 0 Å². The van der Waals surface area contributed by atoms with Crippen molar-refractivity contribution in [3.8, 4) is 0 Å². The second-order valence-corrected chi connectivity index (χ2v) is 19.2. The van der Waals surface area contributed by atoms with E-state index in [0.717, 1.165) is 62.1 Å². The van der Waals surface area contributed by atoms with Crippen molar-refractivity contribution in [2.75, 3.05) is 32.2 Å². The third-order valence-electron chi connectivity index (χ3n) is 10.7. The number of anilines is 1. The first-order valence-corrected chi connectivity index (χ1v) is 26.0. The molecule has 1 aliphatic heterocycles. The number of hydrogen-bond acceptors (Lipinski definition) is 16. The Labute approximate surface area is 420 Å². The number of nitrogens with zero attached hydrogens (tertiary/aromatic N) is 2. The largest absolute Gasteiger partial charge is 1.00 e. The number of hydrogen-bond donors (Lipinski definition) is 3. The first-order valence-electron chi connectivity index (χ1n) is 23.0. The Balaban J connectivity index is 0.0000192. The average Bonchev–Trinajstić information content (AvgIpc) is 3.49. The van der Waals surface area contributed by atoms with E-state index in [1.54, 1.807) is 0 Å². The Morgan fingerprint density at radius 2 is 1.21 bits per heavy atom. The van der Waals surface area contributed by atoms with Crippen LogP contribution in [-0.4, -0.2) is 76.6 Å². The number of nitrogens with two attached hydrogens (primary N) is 1. The van der Waals surface area contributed by atoms with Gasteiger partial charge in [0.15, 0.2) is 6.23 Å². The number of aliphatic hydroxyl groups excluding tert-OH is 2. The van der Waals surface area contributed by atoms with Gasteiger partial charge in [-0.15, -0.1) is 0 Å². The van der Waals surface area contributed by atoms with Crippen LogP contribution in [-0.2, 0) is 41.5 Å². The van der Waals surface area contributed by atoms with Crippen LogP contribution in [0.3, 0.4) is 0 Å². The molecule has 2 heterocycles. The molecule has 0 bridgehead atoms. The second kappa shape index (κ2) is 38.1. The van der Waals surface area contributed by atoms with E-state index >= 15 is 0 Å². The molecule has 63 heavy (non-hydrogen) atoms. The zero-order valence-electron chi connectivity index (χ0n) is 38.9. The summed E-state index contributed by atoms with van der Waals surface area (Å²) in [4.78, 5) is 53.6. The minimum absolute atomic E-state index is 0. The third kappa shape index (κ3) is 30.4. The van der Waals surface area contributed by atoms with Crippen molar-refractivity contribution < 1.29 is 121 Å². The molecule has 0 aromatic carbocycles. The molecular weight excluding hydrogens is 878 g/mol. The van der Waals surface area contributed by atoms with Crippen molar-refractivity contribution in [2.24, 2.45) is 0 Å². The molecule has 17 nitrogen and oxygen atoms in total. The quantitative estimate of drug-likeness (QED) is 0.0366. The maximum atomic E-state index is 12.7. The van der Waals surface area contributed by atoms with Gasteiger partial charge in [-0.1, -0.05) is 162 Å². The number of unbranched alkanes of at least 4 members (excludes halogenated alkanes) is 23. The summed E-state index contributed by atoms with van der Waals surface area (Å²) < 4.78 is 56.3. The molecule has 4 N–H and O–H groups in total. The fraction of sp³-hybridized carbons (Fsp3) is 0.881. The van der Waals surface area contributed by atoms with Gasteiger partial charge >= 0.3 is 70.8 Å². The number of aliphatic hydroxyl groups is 2. The molecule has 1 fully saturated rings.